The van der Waals surface area contributed by atoms with Crippen molar-refractivity contribution in [3.8, 4) is 11.5 Å². The molecule has 0 saturated carbocycles. The normalized spacial score (nSPS) is 15.3. The van der Waals surface area contributed by atoms with Crippen molar-refractivity contribution in [3.05, 3.63) is 36.6 Å². The summed E-state index contributed by atoms with van der Waals surface area (Å²) in [4.78, 5) is 27.3. The predicted molar refractivity (Wildman–Crippen MR) is 98.7 cm³/mol. The number of nitrogens with zero attached hydrogens (tertiary/aromatic N) is 4. The number of fused-ring (bicyclic) bond motifs is 1. The molecule has 1 aliphatic heterocycles. The number of carbonyl (C=O) groups is 1. The minimum absolute atomic E-state index is 0.0288. The van der Waals surface area contributed by atoms with Crippen LogP contribution in [0.1, 0.15) is 25.2 Å². The maximum absolute atomic E-state index is 12.3. The van der Waals surface area contributed by atoms with Crippen LogP contribution in [0.4, 0.5) is 5.82 Å². The summed E-state index contributed by atoms with van der Waals surface area (Å²) in [7, 11) is 0. The second kappa shape index (κ2) is 7.21. The molecular weight excluding hydrogens is 330 g/mol. The Kier molecular flexibility index (Phi) is 4.62. The van der Waals surface area contributed by atoms with Gasteiger partial charge >= 0.3 is 0 Å². The number of hydrogen-bond donors (Lipinski definition) is 1. The fraction of sp³-hybridized carbons (Fsp3) is 0.368. The SMILES string of the molecule is Cc1ncc(-c2cc3cc(NC(=O)CN4CCCCC4)ncc3cn2)o1. The maximum Gasteiger partial charge on any atom is 0.239 e. The van der Waals surface area contributed by atoms with E-state index in [0.29, 0.717) is 29.7 Å². The van der Waals surface area contributed by atoms with Gasteiger partial charge in [0.1, 0.15) is 11.5 Å². The van der Waals surface area contributed by atoms with Crippen molar-refractivity contribution in [1.29, 1.82) is 0 Å². The number of hydrogen-bond acceptors (Lipinski definition) is 6. The van der Waals surface area contributed by atoms with E-state index >= 15 is 0 Å². The van der Waals surface area contributed by atoms with E-state index in [1.54, 1.807) is 25.5 Å². The molecule has 134 valence electrons. The quantitative estimate of drug-likeness (QED) is 0.778. The highest BCUT2D eigenvalue weighted by Gasteiger charge is 2.14. The molecule has 0 atom stereocenters. The number of pyridine rings is 2. The second-order valence-corrected chi connectivity index (χ2v) is 6.61. The van der Waals surface area contributed by atoms with Gasteiger partial charge in [-0.2, -0.15) is 0 Å². The van der Waals surface area contributed by atoms with E-state index in [0.717, 1.165) is 23.9 Å². The minimum atomic E-state index is -0.0288. The largest absolute Gasteiger partial charge is 0.439 e. The van der Waals surface area contributed by atoms with E-state index in [1.165, 1.54) is 19.3 Å². The average Bonchev–Trinajstić information content (AvgIpc) is 3.08. The summed E-state index contributed by atoms with van der Waals surface area (Å²) in [5, 5.41) is 4.74. The molecule has 1 aliphatic rings. The van der Waals surface area contributed by atoms with Gasteiger partial charge in [0.25, 0.3) is 0 Å². The number of likely N-dealkylation sites (tertiary alicyclic amines) is 1. The zero-order valence-corrected chi connectivity index (χ0v) is 14.7. The molecule has 7 heteroatoms. The lowest BCUT2D eigenvalue weighted by molar-refractivity contribution is -0.117. The molecule has 1 saturated heterocycles. The highest BCUT2D eigenvalue weighted by atomic mass is 16.4. The Labute approximate surface area is 151 Å². The predicted octanol–water partition coefficient (Wildman–Crippen LogP) is 3.02. The topological polar surface area (TPSA) is 84.2 Å². The summed E-state index contributed by atoms with van der Waals surface area (Å²) in [5.74, 6) is 1.74. The van der Waals surface area contributed by atoms with Gasteiger partial charge < -0.3 is 9.73 Å². The van der Waals surface area contributed by atoms with E-state index in [4.69, 9.17) is 4.42 Å². The van der Waals surface area contributed by atoms with Gasteiger partial charge in [0.15, 0.2) is 11.7 Å². The van der Waals surface area contributed by atoms with E-state index in [-0.39, 0.29) is 5.91 Å². The van der Waals surface area contributed by atoms with Crippen molar-refractivity contribution in [2.75, 3.05) is 25.0 Å². The number of aromatic nitrogens is 3. The number of amides is 1. The summed E-state index contributed by atoms with van der Waals surface area (Å²) in [6.45, 7) is 4.19. The standard InChI is InChI=1S/C19H21N5O2/c1-13-20-11-17(26-13)16-7-14-8-18(22-10-15(14)9-21-16)23-19(25)12-24-5-3-2-4-6-24/h7-11H,2-6,12H2,1H3,(H,22,23,25). The molecule has 7 nitrogen and oxygen atoms in total. The van der Waals surface area contributed by atoms with Gasteiger partial charge in [-0.15, -0.1) is 0 Å². The number of piperidine rings is 1. The van der Waals surface area contributed by atoms with Crippen molar-refractivity contribution < 1.29 is 9.21 Å². The van der Waals surface area contributed by atoms with E-state index in [9.17, 15) is 4.79 Å². The summed E-state index contributed by atoms with van der Waals surface area (Å²) in [5.41, 5.74) is 0.704. The third kappa shape index (κ3) is 3.72. The molecule has 3 aromatic rings. The van der Waals surface area contributed by atoms with Crippen LogP contribution < -0.4 is 5.32 Å². The lowest BCUT2D eigenvalue weighted by atomic mass is 10.1. The first kappa shape index (κ1) is 16.7. The molecule has 1 amide bonds. The Bertz CT molecular complexity index is 931. The summed E-state index contributed by atoms with van der Waals surface area (Å²) in [6, 6.07) is 3.77. The van der Waals surface area contributed by atoms with Crippen LogP contribution in [0.5, 0.6) is 0 Å². The molecule has 0 aromatic carbocycles. The van der Waals surface area contributed by atoms with Crippen LogP contribution in [0, 0.1) is 6.92 Å². The third-order valence-electron chi connectivity index (χ3n) is 4.56. The van der Waals surface area contributed by atoms with Crippen LogP contribution in [0.15, 0.2) is 35.1 Å². The molecule has 0 radical (unpaired) electrons. The van der Waals surface area contributed by atoms with Gasteiger partial charge in [-0.05, 0) is 43.5 Å². The number of nitrogens with one attached hydrogen (secondary N) is 1. The molecule has 26 heavy (non-hydrogen) atoms. The van der Waals surface area contributed by atoms with Crippen molar-refractivity contribution in [1.82, 2.24) is 19.9 Å². The second-order valence-electron chi connectivity index (χ2n) is 6.61. The van der Waals surface area contributed by atoms with E-state index in [2.05, 4.69) is 25.2 Å². The molecule has 3 aromatic heterocycles. The van der Waals surface area contributed by atoms with Gasteiger partial charge in [0.05, 0.1) is 12.7 Å². The first-order valence-electron chi connectivity index (χ1n) is 8.88. The summed E-state index contributed by atoms with van der Waals surface area (Å²) < 4.78 is 5.53. The fourth-order valence-electron chi connectivity index (χ4n) is 3.22. The number of aryl methyl sites for hydroxylation is 1. The number of oxazole rings is 1. The first-order chi connectivity index (χ1) is 12.7. The molecule has 1 N–H and O–H groups in total. The van der Waals surface area contributed by atoms with Crippen LogP contribution in [0.2, 0.25) is 0 Å². The molecule has 0 bridgehead atoms. The third-order valence-corrected chi connectivity index (χ3v) is 4.56. The zero-order valence-electron chi connectivity index (χ0n) is 14.7. The van der Waals surface area contributed by atoms with Crippen LogP contribution in [-0.2, 0) is 4.79 Å². The molecular formula is C19H21N5O2. The lowest BCUT2D eigenvalue weighted by Gasteiger charge is -2.25. The Morgan fingerprint density at radius 3 is 2.65 bits per heavy atom. The van der Waals surface area contributed by atoms with Crippen LogP contribution in [0.25, 0.3) is 22.2 Å². The molecule has 4 heterocycles. The lowest BCUT2D eigenvalue weighted by Crippen LogP contribution is -2.36. The number of rotatable bonds is 4. The van der Waals surface area contributed by atoms with Gasteiger partial charge in [0, 0.05) is 24.7 Å². The summed E-state index contributed by atoms with van der Waals surface area (Å²) in [6.07, 6.45) is 8.71. The fourth-order valence-corrected chi connectivity index (χ4v) is 3.22. The van der Waals surface area contributed by atoms with Crippen LogP contribution >= 0.6 is 0 Å². The molecule has 0 unspecified atom stereocenters. The Morgan fingerprint density at radius 2 is 1.88 bits per heavy atom. The highest BCUT2D eigenvalue weighted by molar-refractivity contribution is 5.94. The Hall–Kier alpha value is -2.80. The van der Waals surface area contributed by atoms with Crippen molar-refractivity contribution in [2.24, 2.45) is 0 Å². The smallest absolute Gasteiger partial charge is 0.239 e. The van der Waals surface area contributed by atoms with Crippen LogP contribution in [-0.4, -0.2) is 45.4 Å². The van der Waals surface area contributed by atoms with Crippen molar-refractivity contribution in [2.45, 2.75) is 26.2 Å². The molecule has 0 aliphatic carbocycles. The van der Waals surface area contributed by atoms with Crippen LogP contribution in [0.3, 0.4) is 0 Å². The monoisotopic (exact) mass is 351 g/mol. The van der Waals surface area contributed by atoms with Gasteiger partial charge in [-0.1, -0.05) is 6.42 Å². The van der Waals surface area contributed by atoms with Gasteiger partial charge in [0.2, 0.25) is 5.91 Å². The molecule has 0 spiro atoms. The van der Waals surface area contributed by atoms with Crippen molar-refractivity contribution in [3.63, 3.8) is 0 Å². The first-order valence-corrected chi connectivity index (χ1v) is 8.88. The zero-order chi connectivity index (χ0) is 17.9. The molecule has 4 rings (SSSR count). The average molecular weight is 351 g/mol. The van der Waals surface area contributed by atoms with E-state index in [1.807, 2.05) is 12.1 Å². The molecule has 1 fully saturated rings. The minimum Gasteiger partial charge on any atom is -0.439 e. The summed E-state index contributed by atoms with van der Waals surface area (Å²) >= 11 is 0. The Balaban J connectivity index is 1.51. The maximum atomic E-state index is 12.3. The van der Waals surface area contributed by atoms with Crippen molar-refractivity contribution >= 4 is 22.5 Å². The highest BCUT2D eigenvalue weighted by Crippen LogP contribution is 2.23. The Morgan fingerprint density at radius 1 is 1.08 bits per heavy atom. The number of carbonyl (C=O) groups excluding carboxylic acids is 1. The number of anilines is 1. The van der Waals surface area contributed by atoms with Gasteiger partial charge in [-0.25, -0.2) is 9.97 Å². The van der Waals surface area contributed by atoms with E-state index < -0.39 is 0 Å². The van der Waals surface area contributed by atoms with Gasteiger partial charge in [-0.3, -0.25) is 14.7 Å².